The maximum Gasteiger partial charge on any atom is 0.0168 e. The van der Waals surface area contributed by atoms with Crippen molar-refractivity contribution >= 4 is 0 Å². The lowest BCUT2D eigenvalue weighted by molar-refractivity contribution is 0.0957. The average molecular weight is 270 g/mol. The van der Waals surface area contributed by atoms with E-state index in [1.54, 1.807) is 11.1 Å². The van der Waals surface area contributed by atoms with Gasteiger partial charge in [-0.25, -0.2) is 0 Å². The molecule has 2 nitrogen and oxygen atoms in total. The molecular formula is C18H26N2. The summed E-state index contributed by atoms with van der Waals surface area (Å²) < 4.78 is 0. The van der Waals surface area contributed by atoms with E-state index in [1.807, 2.05) is 0 Å². The minimum Gasteiger partial charge on any atom is -0.327 e. The first-order valence-electron chi connectivity index (χ1n) is 8.37. The average Bonchev–Trinajstić information content (AvgIpc) is 2.74. The molecule has 0 radical (unpaired) electrons. The van der Waals surface area contributed by atoms with Gasteiger partial charge in [0.2, 0.25) is 0 Å². The Bertz CT molecular complexity index is 451. The van der Waals surface area contributed by atoms with E-state index in [-0.39, 0.29) is 0 Å². The first-order valence-corrected chi connectivity index (χ1v) is 8.37. The van der Waals surface area contributed by atoms with Gasteiger partial charge in [-0.15, -0.1) is 0 Å². The summed E-state index contributed by atoms with van der Waals surface area (Å²) >= 11 is 0. The number of hydrogen-bond donors (Lipinski definition) is 1. The molecule has 1 aromatic carbocycles. The topological polar surface area (TPSA) is 29.3 Å². The third-order valence-corrected chi connectivity index (χ3v) is 5.87. The van der Waals surface area contributed by atoms with Gasteiger partial charge >= 0.3 is 0 Å². The van der Waals surface area contributed by atoms with Gasteiger partial charge in [0.1, 0.15) is 0 Å². The second-order valence-corrected chi connectivity index (χ2v) is 7.16. The van der Waals surface area contributed by atoms with Gasteiger partial charge in [0.05, 0.1) is 0 Å². The molecule has 2 N–H and O–H groups in total. The van der Waals surface area contributed by atoms with Gasteiger partial charge in [-0.3, -0.25) is 4.90 Å². The van der Waals surface area contributed by atoms with Crippen LogP contribution in [0.25, 0.3) is 0 Å². The van der Waals surface area contributed by atoms with Gasteiger partial charge in [-0.2, -0.15) is 0 Å². The monoisotopic (exact) mass is 270 g/mol. The van der Waals surface area contributed by atoms with E-state index < -0.39 is 0 Å². The molecule has 1 aliphatic heterocycles. The summed E-state index contributed by atoms with van der Waals surface area (Å²) in [6, 6.07) is 10.3. The Kier molecular flexibility index (Phi) is 3.31. The highest BCUT2D eigenvalue weighted by Gasteiger charge is 2.42. The Hall–Kier alpha value is -0.860. The minimum atomic E-state index is 0.411. The zero-order valence-corrected chi connectivity index (χ0v) is 12.3. The summed E-state index contributed by atoms with van der Waals surface area (Å²) in [6.07, 6.45) is 7.96. The Morgan fingerprint density at radius 2 is 1.60 bits per heavy atom. The van der Waals surface area contributed by atoms with E-state index in [1.165, 1.54) is 45.1 Å². The van der Waals surface area contributed by atoms with Crippen molar-refractivity contribution in [2.24, 2.45) is 17.6 Å². The lowest BCUT2D eigenvalue weighted by Gasteiger charge is -2.40. The first kappa shape index (κ1) is 12.8. The molecule has 1 heterocycles. The molecule has 0 amide bonds. The van der Waals surface area contributed by atoms with Crippen LogP contribution in [0.3, 0.4) is 0 Å². The fourth-order valence-corrected chi connectivity index (χ4v) is 5.03. The SMILES string of the molecule is NC1CCCN(C2C3CCC2Cc2ccccc2C3)C1. The van der Waals surface area contributed by atoms with Crippen molar-refractivity contribution in [3.8, 4) is 0 Å². The largest absolute Gasteiger partial charge is 0.327 e. The van der Waals surface area contributed by atoms with Crippen molar-refractivity contribution < 1.29 is 0 Å². The van der Waals surface area contributed by atoms with Crippen LogP contribution < -0.4 is 5.73 Å². The molecule has 2 fully saturated rings. The molecule has 1 saturated heterocycles. The van der Waals surface area contributed by atoms with Crippen LogP contribution in [0.1, 0.15) is 36.8 Å². The lowest BCUT2D eigenvalue weighted by atomic mass is 9.91. The number of rotatable bonds is 1. The number of nitrogens with two attached hydrogens (primary N) is 1. The summed E-state index contributed by atoms with van der Waals surface area (Å²) in [5, 5.41) is 0. The van der Waals surface area contributed by atoms with Gasteiger partial charge < -0.3 is 5.73 Å². The number of likely N-dealkylation sites (tertiary alicyclic amines) is 1. The van der Waals surface area contributed by atoms with E-state index in [2.05, 4.69) is 29.2 Å². The minimum absolute atomic E-state index is 0.411. The number of hydrogen-bond acceptors (Lipinski definition) is 2. The predicted molar refractivity (Wildman–Crippen MR) is 82.6 cm³/mol. The Morgan fingerprint density at radius 1 is 0.950 bits per heavy atom. The third kappa shape index (κ3) is 2.19. The number of benzene rings is 1. The van der Waals surface area contributed by atoms with E-state index in [0.717, 1.165) is 24.4 Å². The molecule has 4 rings (SSSR count). The van der Waals surface area contributed by atoms with Crippen molar-refractivity contribution in [2.75, 3.05) is 13.1 Å². The van der Waals surface area contributed by atoms with E-state index in [4.69, 9.17) is 5.73 Å². The standard InChI is InChI=1S/C18H26N2/c19-17-6-3-9-20(12-17)18-15-7-8-16(18)11-14-5-2-1-4-13(14)10-15/h1-2,4-5,15-18H,3,6-12,19H2. The van der Waals surface area contributed by atoms with Crippen molar-refractivity contribution in [1.82, 2.24) is 4.90 Å². The van der Waals surface area contributed by atoms with Gasteiger partial charge in [-0.05, 0) is 68.0 Å². The lowest BCUT2D eigenvalue weighted by Crippen LogP contribution is -2.51. The van der Waals surface area contributed by atoms with Crippen LogP contribution >= 0.6 is 0 Å². The van der Waals surface area contributed by atoms with E-state index in [0.29, 0.717) is 6.04 Å². The fourth-order valence-electron chi connectivity index (χ4n) is 5.03. The quantitative estimate of drug-likeness (QED) is 0.850. The van der Waals surface area contributed by atoms with Crippen LogP contribution in [0.4, 0.5) is 0 Å². The molecule has 3 unspecified atom stereocenters. The van der Waals surface area contributed by atoms with Crippen molar-refractivity contribution in [3.05, 3.63) is 35.4 Å². The maximum atomic E-state index is 6.22. The molecule has 2 heteroatoms. The summed E-state index contributed by atoms with van der Waals surface area (Å²) in [5.41, 5.74) is 9.46. The molecule has 108 valence electrons. The molecule has 20 heavy (non-hydrogen) atoms. The number of nitrogens with zero attached hydrogens (tertiary/aromatic N) is 1. The molecule has 3 atom stereocenters. The molecule has 1 aromatic rings. The summed E-state index contributed by atoms with van der Waals surface area (Å²) in [5.74, 6) is 1.74. The summed E-state index contributed by atoms with van der Waals surface area (Å²) in [6.45, 7) is 2.41. The van der Waals surface area contributed by atoms with Crippen LogP contribution in [0.5, 0.6) is 0 Å². The highest BCUT2D eigenvalue weighted by atomic mass is 15.2. The van der Waals surface area contributed by atoms with Gasteiger partial charge in [0.25, 0.3) is 0 Å². The molecule has 1 saturated carbocycles. The first-order chi connectivity index (χ1) is 9.81. The molecule has 0 spiro atoms. The molecule has 2 aliphatic carbocycles. The Morgan fingerprint density at radius 3 is 2.20 bits per heavy atom. The van der Waals surface area contributed by atoms with Crippen LogP contribution in [0, 0.1) is 11.8 Å². The van der Waals surface area contributed by atoms with Gasteiger partial charge in [-0.1, -0.05) is 24.3 Å². The van der Waals surface area contributed by atoms with Crippen molar-refractivity contribution in [2.45, 2.75) is 50.6 Å². The summed E-state index contributed by atoms with van der Waals surface area (Å²) in [4.78, 5) is 2.75. The van der Waals surface area contributed by atoms with E-state index >= 15 is 0 Å². The molecule has 2 bridgehead atoms. The number of piperidine rings is 1. The highest BCUT2D eigenvalue weighted by Crippen LogP contribution is 2.43. The maximum absolute atomic E-state index is 6.22. The van der Waals surface area contributed by atoms with Crippen LogP contribution in [-0.4, -0.2) is 30.1 Å². The normalized spacial score (nSPS) is 37.5. The van der Waals surface area contributed by atoms with Crippen molar-refractivity contribution in [3.63, 3.8) is 0 Å². The fraction of sp³-hybridized carbons (Fsp3) is 0.667. The highest BCUT2D eigenvalue weighted by molar-refractivity contribution is 5.31. The second kappa shape index (κ2) is 5.16. The van der Waals surface area contributed by atoms with Crippen LogP contribution in [-0.2, 0) is 12.8 Å². The van der Waals surface area contributed by atoms with Gasteiger partial charge in [0, 0.05) is 18.6 Å². The smallest absolute Gasteiger partial charge is 0.0168 e. The predicted octanol–water partition coefficient (Wildman–Crippen LogP) is 2.60. The molecule has 3 aliphatic rings. The van der Waals surface area contributed by atoms with Gasteiger partial charge in [0.15, 0.2) is 0 Å². The zero-order chi connectivity index (χ0) is 13.5. The summed E-state index contributed by atoms with van der Waals surface area (Å²) in [7, 11) is 0. The molecule has 0 aromatic heterocycles. The second-order valence-electron chi connectivity index (χ2n) is 7.16. The van der Waals surface area contributed by atoms with E-state index in [9.17, 15) is 0 Å². The Balaban J connectivity index is 1.60. The zero-order valence-electron chi connectivity index (χ0n) is 12.3. The van der Waals surface area contributed by atoms with Crippen molar-refractivity contribution in [1.29, 1.82) is 0 Å². The molecular weight excluding hydrogens is 244 g/mol. The Labute approximate surface area is 122 Å². The third-order valence-electron chi connectivity index (χ3n) is 5.87. The number of fused-ring (bicyclic) bond motifs is 3. The van der Waals surface area contributed by atoms with Crippen LogP contribution in [0.15, 0.2) is 24.3 Å². The van der Waals surface area contributed by atoms with Crippen LogP contribution in [0.2, 0.25) is 0 Å².